The summed E-state index contributed by atoms with van der Waals surface area (Å²) in [4.78, 5) is 25.8. The van der Waals surface area contributed by atoms with Gasteiger partial charge in [-0.25, -0.2) is 0 Å². The largest absolute Gasteiger partial charge is 0.392 e. The molecule has 0 bridgehead atoms. The molecule has 2 amide bonds. The summed E-state index contributed by atoms with van der Waals surface area (Å²) >= 11 is 0. The number of amides is 2. The minimum absolute atomic E-state index is 0.000827. The molecular formula is C41H49N3O5. The molecule has 1 fully saturated rings. The maximum Gasteiger partial charge on any atom is 0.220 e. The Hall–Kier alpha value is -4.34. The van der Waals surface area contributed by atoms with Crippen LogP contribution in [0.25, 0.3) is 0 Å². The normalized spacial score (nSPS) is 17.5. The molecule has 0 saturated carbocycles. The van der Waals surface area contributed by atoms with Crippen molar-refractivity contribution in [2.24, 2.45) is 0 Å². The summed E-state index contributed by atoms with van der Waals surface area (Å²) in [5.41, 5.74) is 6.36. The Morgan fingerprint density at radius 1 is 0.714 bits per heavy atom. The number of aliphatic hydroxyl groups excluding tert-OH is 1. The lowest BCUT2D eigenvalue weighted by molar-refractivity contribution is -0.253. The van der Waals surface area contributed by atoms with Crippen LogP contribution in [-0.4, -0.2) is 41.0 Å². The Morgan fingerprint density at radius 2 is 1.33 bits per heavy atom. The molecule has 258 valence electrons. The fourth-order valence-electron chi connectivity index (χ4n) is 6.12. The molecule has 5 rings (SSSR count). The van der Waals surface area contributed by atoms with E-state index in [1.807, 2.05) is 60.7 Å². The summed E-state index contributed by atoms with van der Waals surface area (Å²) < 4.78 is 13.3. The Balaban J connectivity index is 1.24. The van der Waals surface area contributed by atoms with Gasteiger partial charge in [-0.3, -0.25) is 14.5 Å². The van der Waals surface area contributed by atoms with Gasteiger partial charge >= 0.3 is 0 Å². The number of carbonyl (C=O) groups is 2. The smallest absolute Gasteiger partial charge is 0.220 e. The maximum atomic E-state index is 12.4. The lowest BCUT2D eigenvalue weighted by Gasteiger charge is -2.38. The minimum atomic E-state index is -0.558. The average Bonchev–Trinajstić information content (AvgIpc) is 3.13. The highest BCUT2D eigenvalue weighted by atomic mass is 16.7. The van der Waals surface area contributed by atoms with Gasteiger partial charge in [0.25, 0.3) is 0 Å². The maximum absolute atomic E-state index is 12.4. The molecule has 3 N–H and O–H groups in total. The predicted molar refractivity (Wildman–Crippen MR) is 191 cm³/mol. The van der Waals surface area contributed by atoms with Crippen LogP contribution < -0.4 is 10.6 Å². The van der Waals surface area contributed by atoms with E-state index in [0.29, 0.717) is 25.9 Å². The number of ether oxygens (including phenoxy) is 2. The minimum Gasteiger partial charge on any atom is -0.392 e. The van der Waals surface area contributed by atoms with Gasteiger partial charge in [-0.05, 0) is 40.7 Å². The average molecular weight is 664 g/mol. The van der Waals surface area contributed by atoms with Crippen LogP contribution in [0.4, 0.5) is 0 Å². The van der Waals surface area contributed by atoms with Crippen LogP contribution in [0.5, 0.6) is 0 Å². The molecule has 0 aromatic heterocycles. The van der Waals surface area contributed by atoms with E-state index < -0.39 is 6.29 Å². The van der Waals surface area contributed by atoms with Crippen LogP contribution in [-0.2, 0) is 45.3 Å². The first kappa shape index (κ1) is 36.0. The molecule has 8 nitrogen and oxygen atoms in total. The van der Waals surface area contributed by atoms with Crippen molar-refractivity contribution in [3.8, 4) is 0 Å². The van der Waals surface area contributed by atoms with E-state index in [0.717, 1.165) is 61.2 Å². The van der Waals surface area contributed by atoms with Gasteiger partial charge in [0.05, 0.1) is 18.8 Å². The van der Waals surface area contributed by atoms with Crippen LogP contribution in [0.15, 0.2) is 109 Å². The molecule has 0 aliphatic carbocycles. The van der Waals surface area contributed by atoms with Crippen molar-refractivity contribution in [2.45, 2.75) is 83.8 Å². The Bertz CT molecular complexity index is 1520. The van der Waals surface area contributed by atoms with Crippen LogP contribution in [0.2, 0.25) is 0 Å². The van der Waals surface area contributed by atoms with E-state index in [1.54, 1.807) is 0 Å². The molecule has 3 atom stereocenters. The van der Waals surface area contributed by atoms with E-state index in [2.05, 4.69) is 64.1 Å². The first-order chi connectivity index (χ1) is 23.9. The number of unbranched alkanes of at least 4 members (excludes halogenated alkanes) is 2. The van der Waals surface area contributed by atoms with Crippen molar-refractivity contribution in [1.29, 1.82) is 0 Å². The Labute approximate surface area is 290 Å². The topological polar surface area (TPSA) is 100 Å². The van der Waals surface area contributed by atoms with E-state index in [4.69, 9.17) is 9.47 Å². The highest BCUT2D eigenvalue weighted by molar-refractivity contribution is 5.75. The zero-order valence-corrected chi connectivity index (χ0v) is 28.4. The molecule has 4 aromatic rings. The van der Waals surface area contributed by atoms with Gasteiger partial charge in [-0.15, -0.1) is 0 Å². The van der Waals surface area contributed by atoms with Crippen LogP contribution in [0.3, 0.4) is 0 Å². The fourth-order valence-corrected chi connectivity index (χ4v) is 6.12. The van der Waals surface area contributed by atoms with Gasteiger partial charge in [0.1, 0.15) is 0 Å². The van der Waals surface area contributed by atoms with E-state index in [-0.39, 0.29) is 30.6 Å². The highest BCUT2D eigenvalue weighted by Crippen LogP contribution is 2.38. The standard InChI is InChI=1S/C41H49N3O5/c1-31(46)42-24-10-4-9-15-40(47)43-26-32-16-22-37(23-17-32)41-48-38(25-39(49-41)36-20-18-35(30-45)19-21-36)29-44(27-33-11-5-2-6-12-33)28-34-13-7-3-8-14-34/h2-3,5-8,11-14,16-23,38-39,41,45H,4,9-10,15,24-30H2,1H3,(H,42,46)(H,43,47)/t38-,39+,41+/m0/s1. The number of benzene rings is 4. The second-order valence-electron chi connectivity index (χ2n) is 12.8. The van der Waals surface area contributed by atoms with E-state index in [9.17, 15) is 14.7 Å². The predicted octanol–water partition coefficient (Wildman–Crippen LogP) is 6.74. The first-order valence-electron chi connectivity index (χ1n) is 17.4. The zero-order chi connectivity index (χ0) is 34.3. The van der Waals surface area contributed by atoms with Crippen molar-refractivity contribution in [3.63, 3.8) is 0 Å². The Kier molecular flexibility index (Phi) is 13.9. The molecule has 8 heteroatoms. The van der Waals surface area contributed by atoms with Crippen molar-refractivity contribution < 1.29 is 24.2 Å². The van der Waals surface area contributed by atoms with Crippen LogP contribution in [0.1, 0.15) is 84.8 Å². The SMILES string of the molecule is CC(=O)NCCCCCC(=O)NCc1ccc([C@@H]2O[C@H](CN(Cc3ccccc3)Cc3ccccc3)C[C@H](c3ccc(CO)cc3)O2)cc1. The monoisotopic (exact) mass is 663 g/mol. The van der Waals surface area contributed by atoms with Gasteiger partial charge in [0, 0.05) is 58.1 Å². The summed E-state index contributed by atoms with van der Waals surface area (Å²) in [5.74, 6) is -0.00105. The molecule has 1 heterocycles. The second kappa shape index (κ2) is 19.0. The summed E-state index contributed by atoms with van der Waals surface area (Å²) in [7, 11) is 0. The molecule has 0 spiro atoms. The van der Waals surface area contributed by atoms with Crippen LogP contribution >= 0.6 is 0 Å². The number of rotatable bonds is 17. The third-order valence-electron chi connectivity index (χ3n) is 8.77. The molecule has 0 unspecified atom stereocenters. The van der Waals surface area contributed by atoms with Crippen molar-refractivity contribution in [3.05, 3.63) is 143 Å². The molecule has 1 aliphatic rings. The summed E-state index contributed by atoms with van der Waals surface area (Å²) in [6, 6.07) is 37.1. The molecule has 1 saturated heterocycles. The molecule has 1 aliphatic heterocycles. The van der Waals surface area contributed by atoms with E-state index >= 15 is 0 Å². The number of hydrogen-bond acceptors (Lipinski definition) is 6. The van der Waals surface area contributed by atoms with Gasteiger partial charge in [-0.1, -0.05) is 116 Å². The van der Waals surface area contributed by atoms with E-state index in [1.165, 1.54) is 18.1 Å². The highest BCUT2D eigenvalue weighted by Gasteiger charge is 2.33. The fraction of sp³-hybridized carbons (Fsp3) is 0.366. The third kappa shape index (κ3) is 11.9. The second-order valence-corrected chi connectivity index (χ2v) is 12.8. The lowest BCUT2D eigenvalue weighted by atomic mass is 9.99. The van der Waals surface area contributed by atoms with Crippen molar-refractivity contribution in [2.75, 3.05) is 13.1 Å². The first-order valence-corrected chi connectivity index (χ1v) is 17.4. The zero-order valence-electron chi connectivity index (χ0n) is 28.4. The van der Waals surface area contributed by atoms with Crippen molar-refractivity contribution >= 4 is 11.8 Å². The number of nitrogens with zero attached hydrogens (tertiary/aromatic N) is 1. The lowest BCUT2D eigenvalue weighted by Crippen LogP contribution is -2.39. The van der Waals surface area contributed by atoms with Gasteiger partial charge in [0.2, 0.25) is 11.8 Å². The van der Waals surface area contributed by atoms with Gasteiger partial charge < -0.3 is 25.2 Å². The molecule has 0 radical (unpaired) electrons. The van der Waals surface area contributed by atoms with Gasteiger partial charge in [-0.2, -0.15) is 0 Å². The number of hydrogen-bond donors (Lipinski definition) is 3. The molecular weight excluding hydrogens is 614 g/mol. The molecule has 49 heavy (non-hydrogen) atoms. The number of nitrogens with one attached hydrogen (secondary N) is 2. The third-order valence-corrected chi connectivity index (χ3v) is 8.77. The van der Waals surface area contributed by atoms with Gasteiger partial charge in [0.15, 0.2) is 6.29 Å². The summed E-state index contributed by atoms with van der Waals surface area (Å²) in [5, 5.41) is 15.4. The summed E-state index contributed by atoms with van der Waals surface area (Å²) in [6.45, 7) is 4.94. The number of carbonyl (C=O) groups excluding carboxylic acids is 2. The molecule has 4 aromatic carbocycles. The van der Waals surface area contributed by atoms with Crippen molar-refractivity contribution in [1.82, 2.24) is 15.5 Å². The summed E-state index contributed by atoms with van der Waals surface area (Å²) in [6.07, 6.45) is 2.90. The number of aliphatic hydroxyl groups is 1. The quantitative estimate of drug-likeness (QED) is 0.108. The Morgan fingerprint density at radius 3 is 1.94 bits per heavy atom. The van der Waals surface area contributed by atoms with Crippen LogP contribution in [0, 0.1) is 0 Å².